The van der Waals surface area contributed by atoms with Gasteiger partial charge < -0.3 is 0 Å². The molecule has 0 saturated heterocycles. The third kappa shape index (κ3) is 2.60. The van der Waals surface area contributed by atoms with Crippen molar-refractivity contribution in [2.45, 2.75) is 30.9 Å². The van der Waals surface area contributed by atoms with Crippen LogP contribution in [0.1, 0.15) is 25.7 Å². The zero-order chi connectivity index (χ0) is 8.10. The molecule has 1 aliphatic rings. The second kappa shape index (κ2) is 4.47. The average molecular weight is 172 g/mol. The monoisotopic (exact) mass is 172 g/mol. The van der Waals surface area contributed by atoms with E-state index in [2.05, 4.69) is 4.72 Å². The molecule has 1 atom stereocenters. The second-order valence-corrected chi connectivity index (χ2v) is 4.23. The van der Waals surface area contributed by atoms with E-state index in [9.17, 15) is 4.21 Å². The van der Waals surface area contributed by atoms with Crippen LogP contribution in [0.4, 0.5) is 0 Å². The Morgan fingerprint density at radius 3 is 2.73 bits per heavy atom. The van der Waals surface area contributed by atoms with Crippen molar-refractivity contribution in [1.82, 2.24) is 4.72 Å². The Kier molecular flexibility index (Phi) is 3.53. The van der Waals surface area contributed by atoms with Crippen LogP contribution in [-0.4, -0.2) is 16.0 Å². The molecule has 62 valence electrons. The Morgan fingerprint density at radius 1 is 1.55 bits per heavy atom. The fourth-order valence-electron chi connectivity index (χ4n) is 1.32. The molecule has 4 heteroatoms. The lowest BCUT2D eigenvalue weighted by atomic mass is 10.4. The van der Waals surface area contributed by atoms with Gasteiger partial charge in [-0.15, -0.1) is 0 Å². The van der Waals surface area contributed by atoms with Gasteiger partial charge in [0.25, 0.3) is 0 Å². The van der Waals surface area contributed by atoms with Gasteiger partial charge in [-0.25, -0.2) is 8.93 Å². The molecule has 1 saturated carbocycles. The highest BCUT2D eigenvalue weighted by Crippen LogP contribution is 2.21. The van der Waals surface area contributed by atoms with Crippen molar-refractivity contribution < 1.29 is 4.21 Å². The van der Waals surface area contributed by atoms with Crippen LogP contribution in [0.5, 0.6) is 0 Å². The fraction of sp³-hybridized carbons (Fsp3) is 0.857. The highest BCUT2D eigenvalue weighted by Gasteiger charge is 2.20. The summed E-state index contributed by atoms with van der Waals surface area (Å²) in [7, 11) is -0.968. The summed E-state index contributed by atoms with van der Waals surface area (Å²) in [6.07, 6.45) is 4.46. The van der Waals surface area contributed by atoms with E-state index >= 15 is 0 Å². The molecule has 0 aliphatic heterocycles. The molecule has 1 N–H and O–H groups in total. The van der Waals surface area contributed by atoms with E-state index in [4.69, 9.17) is 5.26 Å². The van der Waals surface area contributed by atoms with Crippen LogP contribution in [0.25, 0.3) is 0 Å². The maximum Gasteiger partial charge on any atom is 0.0956 e. The maximum atomic E-state index is 11.3. The molecule has 0 aromatic carbocycles. The SMILES string of the molecule is N#CCNS(=O)C1CCCC1. The van der Waals surface area contributed by atoms with E-state index in [-0.39, 0.29) is 6.54 Å². The molecule has 0 aromatic rings. The van der Waals surface area contributed by atoms with E-state index in [1.54, 1.807) is 0 Å². The van der Waals surface area contributed by atoms with Crippen molar-refractivity contribution in [3.63, 3.8) is 0 Å². The first-order valence-electron chi connectivity index (χ1n) is 3.85. The molecule has 0 radical (unpaired) electrons. The van der Waals surface area contributed by atoms with Gasteiger partial charge in [0, 0.05) is 5.25 Å². The minimum absolute atomic E-state index is 0.198. The minimum Gasteiger partial charge on any atom is -0.243 e. The van der Waals surface area contributed by atoms with E-state index in [0.717, 1.165) is 12.8 Å². The number of hydrogen-bond donors (Lipinski definition) is 1. The first-order chi connectivity index (χ1) is 5.34. The topological polar surface area (TPSA) is 52.9 Å². The van der Waals surface area contributed by atoms with Crippen LogP contribution >= 0.6 is 0 Å². The number of rotatable bonds is 3. The fourth-order valence-corrected chi connectivity index (χ4v) is 2.53. The van der Waals surface area contributed by atoms with Gasteiger partial charge in [-0.05, 0) is 12.8 Å². The molecule has 0 spiro atoms. The van der Waals surface area contributed by atoms with Crippen LogP contribution in [-0.2, 0) is 11.0 Å². The first-order valence-corrected chi connectivity index (χ1v) is 5.07. The second-order valence-electron chi connectivity index (χ2n) is 2.68. The van der Waals surface area contributed by atoms with Gasteiger partial charge in [0.2, 0.25) is 0 Å². The zero-order valence-electron chi connectivity index (χ0n) is 6.38. The highest BCUT2D eigenvalue weighted by atomic mass is 32.2. The van der Waals surface area contributed by atoms with Crippen LogP contribution in [0, 0.1) is 11.3 Å². The third-order valence-electron chi connectivity index (χ3n) is 1.90. The summed E-state index contributed by atoms with van der Waals surface area (Å²) < 4.78 is 13.9. The molecular weight excluding hydrogens is 160 g/mol. The lowest BCUT2D eigenvalue weighted by molar-refractivity contribution is 0.661. The summed E-state index contributed by atoms with van der Waals surface area (Å²) >= 11 is 0. The standard InChI is InChI=1S/C7H12N2OS/c8-5-6-9-11(10)7-3-1-2-4-7/h7,9H,1-4,6H2. The summed E-state index contributed by atoms with van der Waals surface area (Å²) in [6.45, 7) is 0.198. The predicted molar refractivity (Wildman–Crippen MR) is 44.0 cm³/mol. The maximum absolute atomic E-state index is 11.3. The first kappa shape index (κ1) is 8.69. The molecule has 11 heavy (non-hydrogen) atoms. The Bertz CT molecular complexity index is 181. The largest absolute Gasteiger partial charge is 0.243 e. The Labute approximate surface area is 69.4 Å². The normalized spacial score (nSPS) is 21.4. The van der Waals surface area contributed by atoms with Gasteiger partial charge in [0.1, 0.15) is 0 Å². The number of nitrogens with zero attached hydrogens (tertiary/aromatic N) is 1. The third-order valence-corrected chi connectivity index (χ3v) is 3.40. The van der Waals surface area contributed by atoms with Crippen molar-refractivity contribution in [2.75, 3.05) is 6.54 Å². The molecular formula is C7H12N2OS. The zero-order valence-corrected chi connectivity index (χ0v) is 7.19. The summed E-state index contributed by atoms with van der Waals surface area (Å²) in [5, 5.41) is 8.51. The lowest BCUT2D eigenvalue weighted by Gasteiger charge is -2.06. The van der Waals surface area contributed by atoms with Crippen molar-refractivity contribution in [3.8, 4) is 6.07 Å². The Balaban J connectivity index is 2.24. The van der Waals surface area contributed by atoms with Crippen LogP contribution in [0.2, 0.25) is 0 Å². The summed E-state index contributed by atoms with van der Waals surface area (Å²) in [6, 6.07) is 1.92. The minimum atomic E-state index is -0.968. The molecule has 1 rings (SSSR count). The van der Waals surface area contributed by atoms with Crippen molar-refractivity contribution in [1.29, 1.82) is 5.26 Å². The highest BCUT2D eigenvalue weighted by molar-refractivity contribution is 7.83. The molecule has 0 heterocycles. The summed E-state index contributed by atoms with van der Waals surface area (Å²) in [5.41, 5.74) is 0. The van der Waals surface area contributed by atoms with E-state index in [1.807, 2.05) is 6.07 Å². The van der Waals surface area contributed by atoms with E-state index < -0.39 is 11.0 Å². The summed E-state index contributed by atoms with van der Waals surface area (Å²) in [4.78, 5) is 0. The molecule has 1 unspecified atom stereocenters. The van der Waals surface area contributed by atoms with Crippen LogP contribution in [0.15, 0.2) is 0 Å². The van der Waals surface area contributed by atoms with Crippen molar-refractivity contribution >= 4 is 11.0 Å². The quantitative estimate of drug-likeness (QED) is 0.637. The molecule has 1 aliphatic carbocycles. The van der Waals surface area contributed by atoms with Crippen LogP contribution in [0.3, 0.4) is 0 Å². The van der Waals surface area contributed by atoms with Gasteiger partial charge in [-0.2, -0.15) is 5.26 Å². The van der Waals surface area contributed by atoms with Gasteiger partial charge in [-0.3, -0.25) is 0 Å². The van der Waals surface area contributed by atoms with E-state index in [0.29, 0.717) is 5.25 Å². The lowest BCUT2D eigenvalue weighted by Crippen LogP contribution is -2.26. The molecule has 0 aromatic heterocycles. The molecule has 0 bridgehead atoms. The summed E-state index contributed by atoms with van der Waals surface area (Å²) in [5.74, 6) is 0. The number of nitrogens with one attached hydrogen (secondary N) is 1. The number of hydrogen-bond acceptors (Lipinski definition) is 2. The van der Waals surface area contributed by atoms with Gasteiger partial charge in [0.05, 0.1) is 23.6 Å². The van der Waals surface area contributed by atoms with Crippen LogP contribution < -0.4 is 4.72 Å². The van der Waals surface area contributed by atoms with Gasteiger partial charge in [-0.1, -0.05) is 12.8 Å². The smallest absolute Gasteiger partial charge is 0.0956 e. The molecule has 1 fully saturated rings. The average Bonchev–Trinajstić information content (AvgIpc) is 2.52. The van der Waals surface area contributed by atoms with Gasteiger partial charge in [0.15, 0.2) is 0 Å². The number of nitriles is 1. The predicted octanol–water partition coefficient (Wildman–Crippen LogP) is 0.706. The molecule has 0 amide bonds. The van der Waals surface area contributed by atoms with Crippen molar-refractivity contribution in [2.24, 2.45) is 0 Å². The van der Waals surface area contributed by atoms with Crippen molar-refractivity contribution in [3.05, 3.63) is 0 Å². The van der Waals surface area contributed by atoms with E-state index in [1.165, 1.54) is 12.8 Å². The van der Waals surface area contributed by atoms with Gasteiger partial charge >= 0.3 is 0 Å². The Morgan fingerprint density at radius 2 is 2.18 bits per heavy atom. The molecule has 3 nitrogen and oxygen atoms in total. The Hall–Kier alpha value is -0.400.